The lowest BCUT2D eigenvalue weighted by molar-refractivity contribution is -0.116. The van der Waals surface area contributed by atoms with E-state index in [-0.39, 0.29) is 5.91 Å². The Balaban J connectivity index is 1.69. The lowest BCUT2D eigenvalue weighted by Gasteiger charge is -2.06. The molecule has 0 aromatic heterocycles. The van der Waals surface area contributed by atoms with Crippen molar-refractivity contribution in [3.63, 3.8) is 0 Å². The number of carbonyl (C=O) groups is 1. The molecule has 114 valence electrons. The number of carbonyl (C=O) groups excluding carboxylic acids is 1. The number of amides is 1. The number of hydrogen-bond donors (Lipinski definition) is 1. The summed E-state index contributed by atoms with van der Waals surface area (Å²) in [6.45, 7) is 5.00. The summed E-state index contributed by atoms with van der Waals surface area (Å²) < 4.78 is 5.55. The molecule has 2 aromatic rings. The molecule has 0 atom stereocenters. The van der Waals surface area contributed by atoms with Gasteiger partial charge in [0.05, 0.1) is 6.54 Å². The highest BCUT2D eigenvalue weighted by atomic mass is 16.5. The van der Waals surface area contributed by atoms with Crippen LogP contribution in [0.1, 0.15) is 16.7 Å². The maximum atomic E-state index is 11.7. The highest BCUT2D eigenvalue weighted by Gasteiger charge is 1.96. The van der Waals surface area contributed by atoms with Gasteiger partial charge in [0.15, 0.2) is 0 Å². The van der Waals surface area contributed by atoms with Crippen LogP contribution < -0.4 is 10.1 Å². The minimum atomic E-state index is -0.118. The SMILES string of the molecule is Cc1ccc(C=CC(=O)NCCOc2ccc(C)cc2)cc1. The summed E-state index contributed by atoms with van der Waals surface area (Å²) in [6, 6.07) is 15.9. The molecular formula is C19H21NO2. The summed E-state index contributed by atoms with van der Waals surface area (Å²) in [5.41, 5.74) is 3.41. The molecule has 0 heterocycles. The third-order valence-corrected chi connectivity index (χ3v) is 3.20. The maximum Gasteiger partial charge on any atom is 0.244 e. The second kappa shape index (κ2) is 8.03. The standard InChI is InChI=1S/C19H21NO2/c1-15-3-7-17(8-4-15)9-12-19(21)20-13-14-22-18-10-5-16(2)6-11-18/h3-12H,13-14H2,1-2H3,(H,20,21). The first-order valence-corrected chi connectivity index (χ1v) is 7.35. The van der Waals surface area contributed by atoms with Crippen molar-refractivity contribution in [3.8, 4) is 5.75 Å². The first-order chi connectivity index (χ1) is 10.6. The number of nitrogens with one attached hydrogen (secondary N) is 1. The van der Waals surface area contributed by atoms with E-state index in [1.54, 1.807) is 6.08 Å². The molecule has 2 rings (SSSR count). The summed E-state index contributed by atoms with van der Waals surface area (Å²) in [6.07, 6.45) is 3.34. The average molecular weight is 295 g/mol. The lowest BCUT2D eigenvalue weighted by atomic mass is 10.1. The van der Waals surface area contributed by atoms with Crippen LogP contribution in [0.4, 0.5) is 0 Å². The van der Waals surface area contributed by atoms with Crippen molar-refractivity contribution in [2.75, 3.05) is 13.2 Å². The number of benzene rings is 2. The molecule has 0 spiro atoms. The van der Waals surface area contributed by atoms with Gasteiger partial charge in [-0.15, -0.1) is 0 Å². The Bertz CT molecular complexity index is 627. The molecule has 0 aliphatic heterocycles. The van der Waals surface area contributed by atoms with Gasteiger partial charge in [-0.25, -0.2) is 0 Å². The monoisotopic (exact) mass is 295 g/mol. The Hall–Kier alpha value is -2.55. The normalized spacial score (nSPS) is 10.6. The topological polar surface area (TPSA) is 38.3 Å². The number of aryl methyl sites for hydroxylation is 2. The zero-order valence-corrected chi connectivity index (χ0v) is 13.0. The fourth-order valence-electron chi connectivity index (χ4n) is 1.89. The van der Waals surface area contributed by atoms with Crippen molar-refractivity contribution >= 4 is 12.0 Å². The van der Waals surface area contributed by atoms with Crippen LogP contribution in [0.15, 0.2) is 54.6 Å². The highest BCUT2D eigenvalue weighted by Crippen LogP contribution is 2.10. The van der Waals surface area contributed by atoms with Crippen molar-refractivity contribution in [2.45, 2.75) is 13.8 Å². The van der Waals surface area contributed by atoms with Gasteiger partial charge in [-0.2, -0.15) is 0 Å². The van der Waals surface area contributed by atoms with E-state index < -0.39 is 0 Å². The summed E-state index contributed by atoms with van der Waals surface area (Å²) in [4.78, 5) is 11.7. The van der Waals surface area contributed by atoms with E-state index >= 15 is 0 Å². The van der Waals surface area contributed by atoms with Gasteiger partial charge in [-0.1, -0.05) is 47.5 Å². The third kappa shape index (κ3) is 5.44. The van der Waals surface area contributed by atoms with Crippen LogP contribution in [0.3, 0.4) is 0 Å². The molecule has 0 radical (unpaired) electrons. The number of hydrogen-bond acceptors (Lipinski definition) is 2. The van der Waals surface area contributed by atoms with Gasteiger partial charge in [0, 0.05) is 6.08 Å². The first-order valence-electron chi connectivity index (χ1n) is 7.35. The molecule has 0 aliphatic carbocycles. The molecule has 2 aromatic carbocycles. The van der Waals surface area contributed by atoms with Crippen LogP contribution in [0.2, 0.25) is 0 Å². The molecule has 0 fully saturated rings. The molecule has 0 unspecified atom stereocenters. The van der Waals surface area contributed by atoms with Crippen LogP contribution in [0.25, 0.3) is 6.08 Å². The second-order valence-corrected chi connectivity index (χ2v) is 5.20. The van der Waals surface area contributed by atoms with E-state index in [1.165, 1.54) is 17.2 Å². The molecule has 0 aliphatic rings. The third-order valence-electron chi connectivity index (χ3n) is 3.20. The molecule has 1 amide bonds. The molecule has 3 nitrogen and oxygen atoms in total. The highest BCUT2D eigenvalue weighted by molar-refractivity contribution is 5.91. The van der Waals surface area contributed by atoms with Crippen LogP contribution in [0, 0.1) is 13.8 Å². The smallest absolute Gasteiger partial charge is 0.244 e. The largest absolute Gasteiger partial charge is 0.492 e. The van der Waals surface area contributed by atoms with Gasteiger partial charge >= 0.3 is 0 Å². The predicted octanol–water partition coefficient (Wildman–Crippen LogP) is 3.51. The Morgan fingerprint density at radius 3 is 2.23 bits per heavy atom. The van der Waals surface area contributed by atoms with Gasteiger partial charge in [-0.3, -0.25) is 4.79 Å². The van der Waals surface area contributed by atoms with Crippen molar-refractivity contribution < 1.29 is 9.53 Å². The molecular weight excluding hydrogens is 274 g/mol. The Morgan fingerprint density at radius 1 is 1.00 bits per heavy atom. The van der Waals surface area contributed by atoms with Crippen LogP contribution in [-0.4, -0.2) is 19.1 Å². The van der Waals surface area contributed by atoms with Gasteiger partial charge in [0.25, 0.3) is 0 Å². The zero-order valence-electron chi connectivity index (χ0n) is 13.0. The molecule has 1 N–H and O–H groups in total. The molecule has 0 saturated heterocycles. The van der Waals surface area contributed by atoms with E-state index in [0.29, 0.717) is 13.2 Å². The van der Waals surface area contributed by atoms with Crippen LogP contribution in [0.5, 0.6) is 5.75 Å². The molecule has 0 bridgehead atoms. The van der Waals surface area contributed by atoms with E-state index in [0.717, 1.165) is 11.3 Å². The fourth-order valence-corrected chi connectivity index (χ4v) is 1.89. The Labute approximate surface area is 131 Å². The van der Waals surface area contributed by atoms with Crippen LogP contribution in [-0.2, 0) is 4.79 Å². The Kier molecular flexibility index (Phi) is 5.78. The summed E-state index contributed by atoms with van der Waals surface area (Å²) in [7, 11) is 0. The van der Waals surface area contributed by atoms with E-state index in [9.17, 15) is 4.79 Å². The maximum absolute atomic E-state index is 11.7. The first kappa shape index (κ1) is 15.8. The van der Waals surface area contributed by atoms with E-state index in [4.69, 9.17) is 4.74 Å². The van der Waals surface area contributed by atoms with Crippen LogP contribution >= 0.6 is 0 Å². The molecule has 0 saturated carbocycles. The zero-order chi connectivity index (χ0) is 15.8. The minimum Gasteiger partial charge on any atom is -0.492 e. The van der Waals surface area contributed by atoms with Crippen molar-refractivity contribution in [1.82, 2.24) is 5.32 Å². The molecule has 22 heavy (non-hydrogen) atoms. The summed E-state index contributed by atoms with van der Waals surface area (Å²) in [5.74, 6) is 0.697. The fraction of sp³-hybridized carbons (Fsp3) is 0.211. The average Bonchev–Trinajstić information content (AvgIpc) is 2.53. The number of ether oxygens (including phenoxy) is 1. The van der Waals surface area contributed by atoms with Crippen molar-refractivity contribution in [2.24, 2.45) is 0 Å². The van der Waals surface area contributed by atoms with Gasteiger partial charge in [0.1, 0.15) is 12.4 Å². The lowest BCUT2D eigenvalue weighted by Crippen LogP contribution is -2.26. The summed E-state index contributed by atoms with van der Waals surface area (Å²) >= 11 is 0. The van der Waals surface area contributed by atoms with Gasteiger partial charge < -0.3 is 10.1 Å². The van der Waals surface area contributed by atoms with Crippen molar-refractivity contribution in [3.05, 3.63) is 71.3 Å². The van der Waals surface area contributed by atoms with E-state index in [1.807, 2.05) is 62.4 Å². The quantitative estimate of drug-likeness (QED) is 0.654. The van der Waals surface area contributed by atoms with E-state index in [2.05, 4.69) is 5.32 Å². The second-order valence-electron chi connectivity index (χ2n) is 5.20. The Morgan fingerprint density at radius 2 is 1.59 bits per heavy atom. The van der Waals surface area contributed by atoms with Gasteiger partial charge in [-0.05, 0) is 37.6 Å². The van der Waals surface area contributed by atoms with Crippen molar-refractivity contribution in [1.29, 1.82) is 0 Å². The number of rotatable bonds is 6. The van der Waals surface area contributed by atoms with Gasteiger partial charge in [0.2, 0.25) is 5.91 Å². The predicted molar refractivity (Wildman–Crippen MR) is 89.9 cm³/mol. The summed E-state index contributed by atoms with van der Waals surface area (Å²) in [5, 5.41) is 2.80. The minimum absolute atomic E-state index is 0.118. The molecule has 3 heteroatoms.